The highest BCUT2D eigenvalue weighted by Gasteiger charge is 2.31. The molecule has 0 spiro atoms. The highest BCUT2D eigenvalue weighted by Crippen LogP contribution is 2.36. The second-order valence-corrected chi connectivity index (χ2v) is 12.5. The summed E-state index contributed by atoms with van der Waals surface area (Å²) in [6, 6.07) is 0. The molecule has 1 aromatic carbocycles. The number of esters is 4. The Hall–Kier alpha value is -2.54. The molecule has 3 N–H and O–H groups in total. The van der Waals surface area contributed by atoms with Gasteiger partial charge in [0.05, 0.1) is 43.7 Å². The predicted molar refractivity (Wildman–Crippen MR) is 178 cm³/mol. The summed E-state index contributed by atoms with van der Waals surface area (Å²) in [7, 11) is 0. The van der Waals surface area contributed by atoms with E-state index in [1.807, 2.05) is 67.8 Å². The molecule has 1 saturated heterocycles. The van der Waals surface area contributed by atoms with Crippen molar-refractivity contribution >= 4 is 115 Å². The van der Waals surface area contributed by atoms with Crippen LogP contribution in [-0.2, 0) is 47.6 Å². The first kappa shape index (κ1) is 38.6. The molecule has 1 heterocycles. The van der Waals surface area contributed by atoms with Gasteiger partial charge in [0.25, 0.3) is 11.8 Å². The average molecular weight is 973 g/mol. The molecule has 1 aromatic rings. The van der Waals surface area contributed by atoms with E-state index in [0.717, 1.165) is 13.8 Å². The number of nitrogens with one attached hydrogen (secondary N) is 3. The third-order valence-corrected chi connectivity index (χ3v) is 8.63. The average Bonchev–Trinajstić information content (AvgIpc) is 3.77. The van der Waals surface area contributed by atoms with Gasteiger partial charge in [-0.1, -0.05) is 0 Å². The van der Waals surface area contributed by atoms with E-state index in [0.29, 0.717) is 6.61 Å². The van der Waals surface area contributed by atoms with Crippen LogP contribution >= 0.6 is 67.8 Å². The lowest BCUT2D eigenvalue weighted by molar-refractivity contribution is -0.155. The summed E-state index contributed by atoms with van der Waals surface area (Å²) in [5.41, 5.74) is 0.0859. The van der Waals surface area contributed by atoms with Gasteiger partial charge in [0.2, 0.25) is 0 Å². The quantitative estimate of drug-likeness (QED) is 0.0994. The SMILES string of the molecule is CC(=O)OCC(CNC(=O)c1c(I)c(NC(=O)OC[C@@H]2CO2)c(I)c(C(=O)NCC(COC(C)=O)OC(C)=O)c1I)OC(C)=O. The van der Waals surface area contributed by atoms with Crippen molar-refractivity contribution in [1.82, 2.24) is 10.6 Å². The van der Waals surface area contributed by atoms with Crippen LogP contribution in [-0.4, -0.2) is 99.6 Å². The van der Waals surface area contributed by atoms with Crippen molar-refractivity contribution in [2.75, 3.05) is 44.8 Å². The highest BCUT2D eigenvalue weighted by molar-refractivity contribution is 14.1. The molecule has 45 heavy (non-hydrogen) atoms. The molecule has 2 unspecified atom stereocenters. The molecule has 1 aliphatic heterocycles. The van der Waals surface area contributed by atoms with Crippen LogP contribution in [0.5, 0.6) is 0 Å². The van der Waals surface area contributed by atoms with E-state index in [4.69, 9.17) is 28.4 Å². The van der Waals surface area contributed by atoms with Gasteiger partial charge >= 0.3 is 30.0 Å². The number of carbonyl (C=O) groups excluding carboxylic acids is 7. The maximum Gasteiger partial charge on any atom is 0.411 e. The summed E-state index contributed by atoms with van der Waals surface area (Å²) >= 11 is 5.49. The number of anilines is 1. The fraction of sp³-hybridized carbons (Fsp3) is 0.500. The zero-order valence-corrected chi connectivity index (χ0v) is 30.9. The van der Waals surface area contributed by atoms with Gasteiger partial charge < -0.3 is 39.1 Å². The Morgan fingerprint density at radius 1 is 0.711 bits per heavy atom. The molecule has 3 atom stereocenters. The molecule has 0 radical (unpaired) electrons. The number of ether oxygens (including phenoxy) is 6. The monoisotopic (exact) mass is 973 g/mol. The standard InChI is InChI=1S/C26H30I3N3O13/c1-11(33)40-7-15(44-13(3)35)5-30-24(37)18-20(27)19(25(38)31-6-16(45-14(4)36)8-41-12(2)34)22(29)23(21(18)28)32-26(39)43-10-17-9-42-17/h15-17H,5-10H2,1-4H3,(H,30,37)(H,31,38)(H,32,39)/t15?,16?,17-/m0/s1. The molecule has 0 bridgehead atoms. The number of rotatable bonds is 15. The van der Waals surface area contributed by atoms with Gasteiger partial charge in [0, 0.05) is 31.3 Å². The minimum Gasteiger partial charge on any atom is -0.462 e. The van der Waals surface area contributed by atoms with E-state index in [-0.39, 0.29) is 66.5 Å². The lowest BCUT2D eigenvalue weighted by Crippen LogP contribution is -2.40. The van der Waals surface area contributed by atoms with Crippen molar-refractivity contribution in [2.24, 2.45) is 0 Å². The van der Waals surface area contributed by atoms with Gasteiger partial charge in [0.1, 0.15) is 25.9 Å². The van der Waals surface area contributed by atoms with Crippen molar-refractivity contribution in [2.45, 2.75) is 46.0 Å². The molecule has 19 heteroatoms. The predicted octanol–water partition coefficient (Wildman–Crippen LogP) is 1.90. The largest absolute Gasteiger partial charge is 0.462 e. The van der Waals surface area contributed by atoms with Crippen molar-refractivity contribution < 1.29 is 62.0 Å². The lowest BCUT2D eigenvalue weighted by Gasteiger charge is -2.22. The highest BCUT2D eigenvalue weighted by atomic mass is 127. The van der Waals surface area contributed by atoms with E-state index in [1.54, 1.807) is 0 Å². The number of hydrogen-bond donors (Lipinski definition) is 3. The fourth-order valence-corrected chi connectivity index (χ4v) is 7.81. The maximum absolute atomic E-state index is 13.5. The summed E-state index contributed by atoms with van der Waals surface area (Å²) < 4.78 is 31.0. The minimum absolute atomic E-state index is 0.00376. The number of carbonyl (C=O) groups is 7. The Bertz CT molecular complexity index is 1260. The van der Waals surface area contributed by atoms with Gasteiger partial charge in [-0.05, 0) is 67.8 Å². The summed E-state index contributed by atoms with van der Waals surface area (Å²) in [5, 5.41) is 7.79. The molecule has 2 rings (SSSR count). The number of hydrogen-bond acceptors (Lipinski definition) is 13. The Morgan fingerprint density at radius 3 is 1.49 bits per heavy atom. The zero-order valence-electron chi connectivity index (χ0n) is 24.4. The van der Waals surface area contributed by atoms with Gasteiger partial charge in [0.15, 0.2) is 12.2 Å². The van der Waals surface area contributed by atoms with E-state index >= 15 is 0 Å². The van der Waals surface area contributed by atoms with Crippen molar-refractivity contribution in [3.05, 3.63) is 21.8 Å². The summed E-state index contributed by atoms with van der Waals surface area (Å²) in [6.45, 7) is 3.99. The van der Waals surface area contributed by atoms with Crippen molar-refractivity contribution in [1.29, 1.82) is 0 Å². The lowest BCUT2D eigenvalue weighted by atomic mass is 10.1. The summed E-state index contributed by atoms with van der Waals surface area (Å²) in [4.78, 5) is 85.2. The number of epoxide rings is 1. The Balaban J connectivity index is 2.42. The second kappa shape index (κ2) is 18.6. The van der Waals surface area contributed by atoms with Gasteiger partial charge in [-0.3, -0.25) is 34.1 Å². The van der Waals surface area contributed by atoms with Gasteiger partial charge in [-0.2, -0.15) is 0 Å². The van der Waals surface area contributed by atoms with E-state index in [1.165, 1.54) is 13.8 Å². The fourth-order valence-electron chi connectivity index (χ4n) is 3.39. The molecule has 0 aromatic heterocycles. The first-order chi connectivity index (χ1) is 21.1. The smallest absolute Gasteiger partial charge is 0.411 e. The van der Waals surface area contributed by atoms with Crippen LogP contribution in [0.4, 0.5) is 10.5 Å². The Kier molecular flexibility index (Phi) is 15.9. The molecule has 1 aliphatic rings. The van der Waals surface area contributed by atoms with Crippen molar-refractivity contribution in [3.8, 4) is 0 Å². The van der Waals surface area contributed by atoms with Crippen LogP contribution in [0.25, 0.3) is 0 Å². The third kappa shape index (κ3) is 13.4. The van der Waals surface area contributed by atoms with Crippen LogP contribution in [0.2, 0.25) is 0 Å². The number of benzene rings is 1. The molecular formula is C26H30I3N3O13. The minimum atomic E-state index is -1.01. The third-order valence-electron chi connectivity index (χ3n) is 5.39. The zero-order chi connectivity index (χ0) is 33.8. The van der Waals surface area contributed by atoms with E-state index in [2.05, 4.69) is 16.0 Å². The molecule has 3 amide bonds. The Morgan fingerprint density at radius 2 is 1.13 bits per heavy atom. The van der Waals surface area contributed by atoms with Crippen LogP contribution in [0.3, 0.4) is 0 Å². The topological polar surface area (TPSA) is 214 Å². The molecule has 0 saturated carbocycles. The van der Waals surface area contributed by atoms with Gasteiger partial charge in [-0.25, -0.2) is 4.79 Å². The molecule has 248 valence electrons. The normalized spacial score (nSPS) is 14.6. The van der Waals surface area contributed by atoms with E-state index < -0.39 is 54.0 Å². The molecule has 0 aliphatic carbocycles. The van der Waals surface area contributed by atoms with Crippen LogP contribution in [0.15, 0.2) is 0 Å². The molecular weight excluding hydrogens is 943 g/mol. The maximum atomic E-state index is 13.5. The van der Waals surface area contributed by atoms with E-state index in [9.17, 15) is 33.6 Å². The van der Waals surface area contributed by atoms with Crippen LogP contribution in [0.1, 0.15) is 48.4 Å². The molecule has 1 fully saturated rings. The molecule has 16 nitrogen and oxygen atoms in total. The summed E-state index contributed by atoms with van der Waals surface area (Å²) in [5.74, 6) is -3.97. The first-order valence-corrected chi connectivity index (χ1v) is 16.3. The van der Waals surface area contributed by atoms with Crippen LogP contribution in [0, 0.1) is 10.7 Å². The number of amides is 3. The number of halogens is 3. The Labute approximate surface area is 298 Å². The van der Waals surface area contributed by atoms with Gasteiger partial charge in [-0.15, -0.1) is 0 Å². The van der Waals surface area contributed by atoms with Crippen LogP contribution < -0.4 is 16.0 Å². The second-order valence-electron chi connectivity index (χ2n) is 9.23. The summed E-state index contributed by atoms with van der Waals surface area (Å²) in [6.07, 6.45) is -3.08. The van der Waals surface area contributed by atoms with Crippen molar-refractivity contribution in [3.63, 3.8) is 0 Å². The first-order valence-electron chi connectivity index (χ1n) is 13.0.